The second-order valence-corrected chi connectivity index (χ2v) is 8.42. The molecular formula is C25H21Cl2NO4. The monoisotopic (exact) mass is 469 g/mol. The highest BCUT2D eigenvalue weighted by Crippen LogP contribution is 2.42. The van der Waals surface area contributed by atoms with Crippen LogP contribution in [0.1, 0.15) is 35.6 Å². The molecule has 32 heavy (non-hydrogen) atoms. The van der Waals surface area contributed by atoms with Crippen molar-refractivity contribution < 1.29 is 19.4 Å². The summed E-state index contributed by atoms with van der Waals surface area (Å²) < 4.78 is 6.29. The molecule has 3 aromatic rings. The van der Waals surface area contributed by atoms with Crippen LogP contribution in [0.5, 0.6) is 0 Å². The zero-order valence-corrected chi connectivity index (χ0v) is 18.6. The normalized spacial score (nSPS) is 18.2. The maximum atomic E-state index is 13.6. The van der Waals surface area contributed by atoms with Crippen molar-refractivity contribution in [3.05, 3.63) is 99.5 Å². The van der Waals surface area contributed by atoms with Gasteiger partial charge in [0.1, 0.15) is 12.2 Å². The number of nitrogens with zero attached hydrogens (tertiary/aromatic N) is 1. The predicted octanol–water partition coefficient (Wildman–Crippen LogP) is 5.88. The van der Waals surface area contributed by atoms with E-state index in [0.717, 1.165) is 5.56 Å². The third-order valence-electron chi connectivity index (χ3n) is 5.40. The molecule has 3 aromatic carbocycles. The van der Waals surface area contributed by atoms with E-state index < -0.39 is 18.2 Å². The molecule has 0 aliphatic carbocycles. The van der Waals surface area contributed by atoms with Gasteiger partial charge in [-0.3, -0.25) is 9.59 Å². The van der Waals surface area contributed by atoms with E-state index >= 15 is 0 Å². The van der Waals surface area contributed by atoms with Crippen LogP contribution in [0.4, 0.5) is 5.69 Å². The summed E-state index contributed by atoms with van der Waals surface area (Å²) in [6.45, 7) is 0.316. The number of rotatable bonds is 6. The minimum atomic E-state index is -0.991. The number of carbonyl (C=O) groups is 2. The van der Waals surface area contributed by atoms with E-state index in [4.69, 9.17) is 27.9 Å². The van der Waals surface area contributed by atoms with Crippen molar-refractivity contribution >= 4 is 40.8 Å². The third-order valence-corrected chi connectivity index (χ3v) is 5.98. The lowest BCUT2D eigenvalue weighted by atomic mass is 9.99. The summed E-state index contributed by atoms with van der Waals surface area (Å²) in [5.41, 5.74) is 2.99. The number of carboxylic acids is 1. The number of anilines is 1. The number of hydrogen-bond acceptors (Lipinski definition) is 3. The fraction of sp³-hybridized carbons (Fsp3) is 0.200. The number of fused-ring (bicyclic) bond motifs is 1. The lowest BCUT2D eigenvalue weighted by Crippen LogP contribution is -2.39. The highest BCUT2D eigenvalue weighted by Gasteiger charge is 2.37. The van der Waals surface area contributed by atoms with Crippen LogP contribution in [0.3, 0.4) is 0 Å². The first-order valence-corrected chi connectivity index (χ1v) is 11.0. The van der Waals surface area contributed by atoms with Gasteiger partial charge in [0.25, 0.3) is 5.91 Å². The largest absolute Gasteiger partial charge is 0.481 e. The van der Waals surface area contributed by atoms with Gasteiger partial charge >= 0.3 is 5.97 Å². The van der Waals surface area contributed by atoms with Gasteiger partial charge in [0.2, 0.25) is 0 Å². The lowest BCUT2D eigenvalue weighted by molar-refractivity contribution is -0.139. The van der Waals surface area contributed by atoms with Crippen molar-refractivity contribution in [2.75, 3.05) is 4.90 Å². The molecule has 5 nitrogen and oxygen atoms in total. The third kappa shape index (κ3) is 4.80. The molecule has 2 atom stereocenters. The minimum absolute atomic E-state index is 0.0438. The number of benzene rings is 3. The summed E-state index contributed by atoms with van der Waals surface area (Å²) in [4.78, 5) is 26.5. The van der Waals surface area contributed by atoms with E-state index in [-0.39, 0.29) is 18.7 Å². The fourth-order valence-electron chi connectivity index (χ4n) is 3.87. The van der Waals surface area contributed by atoms with Crippen LogP contribution in [0.2, 0.25) is 10.0 Å². The Bertz CT molecular complexity index is 1140. The Morgan fingerprint density at radius 1 is 0.969 bits per heavy atom. The molecule has 4 rings (SSSR count). The smallest absolute Gasteiger partial charge is 0.303 e. The summed E-state index contributed by atoms with van der Waals surface area (Å²) in [5.74, 6) is -1.29. The number of carbonyl (C=O) groups excluding carboxylic acids is 1. The Kier molecular flexibility index (Phi) is 6.80. The topological polar surface area (TPSA) is 66.8 Å². The summed E-state index contributed by atoms with van der Waals surface area (Å²) >= 11 is 12.8. The Hall–Kier alpha value is -2.86. The Morgan fingerprint density at radius 2 is 1.69 bits per heavy atom. The standard InChI is InChI=1S/C25H21Cl2NO4/c26-17-10-11-21-19(14-17)24(18-8-4-5-9-20(18)27)32-22(12-13-23(29)30)25(31)28(21)15-16-6-2-1-3-7-16/h1-11,14,22,24H,12-13,15H2,(H,29,30)/t22-,24+/m1/s1. The first kappa shape index (κ1) is 22.3. The maximum Gasteiger partial charge on any atom is 0.303 e. The van der Waals surface area contributed by atoms with E-state index in [2.05, 4.69) is 0 Å². The number of aliphatic carboxylic acids is 1. The molecule has 1 heterocycles. The molecule has 0 saturated carbocycles. The molecule has 164 valence electrons. The molecule has 1 aliphatic heterocycles. The van der Waals surface area contributed by atoms with Gasteiger partial charge in [-0.2, -0.15) is 0 Å². The zero-order valence-electron chi connectivity index (χ0n) is 17.1. The van der Waals surface area contributed by atoms with Gasteiger partial charge in [0, 0.05) is 27.6 Å². The van der Waals surface area contributed by atoms with Gasteiger partial charge in [0.05, 0.1) is 12.2 Å². The summed E-state index contributed by atoms with van der Waals surface area (Å²) in [7, 11) is 0. The Labute approximate surface area is 196 Å². The van der Waals surface area contributed by atoms with Crippen LogP contribution in [0, 0.1) is 0 Å². The highest BCUT2D eigenvalue weighted by atomic mass is 35.5. The second-order valence-electron chi connectivity index (χ2n) is 7.57. The SMILES string of the molecule is O=C(O)CC[C@H]1O[C@@H](c2ccccc2Cl)c2cc(Cl)ccc2N(Cc2ccccc2)C1=O. The van der Waals surface area contributed by atoms with E-state index in [9.17, 15) is 14.7 Å². The van der Waals surface area contributed by atoms with Crippen LogP contribution in [0.15, 0.2) is 72.8 Å². The number of carboxylic acid groups (broad SMARTS) is 1. The van der Waals surface area contributed by atoms with Gasteiger partial charge in [-0.1, -0.05) is 71.7 Å². The van der Waals surface area contributed by atoms with Crippen molar-refractivity contribution in [1.82, 2.24) is 0 Å². The van der Waals surface area contributed by atoms with E-state index in [1.54, 1.807) is 29.2 Å². The molecule has 0 aromatic heterocycles. The summed E-state index contributed by atoms with van der Waals surface area (Å²) in [6.07, 6.45) is -1.78. The molecule has 0 fully saturated rings. The highest BCUT2D eigenvalue weighted by molar-refractivity contribution is 6.31. The van der Waals surface area contributed by atoms with E-state index in [1.165, 1.54) is 0 Å². The van der Waals surface area contributed by atoms with Crippen molar-refractivity contribution in [2.24, 2.45) is 0 Å². The van der Waals surface area contributed by atoms with Crippen molar-refractivity contribution in [1.29, 1.82) is 0 Å². The fourth-order valence-corrected chi connectivity index (χ4v) is 4.29. The van der Waals surface area contributed by atoms with Crippen molar-refractivity contribution in [2.45, 2.75) is 31.6 Å². The molecule has 0 radical (unpaired) electrons. The number of ether oxygens (including phenoxy) is 1. The Morgan fingerprint density at radius 3 is 2.41 bits per heavy atom. The van der Waals surface area contributed by atoms with Gasteiger partial charge < -0.3 is 14.7 Å². The molecule has 0 bridgehead atoms. The predicted molar refractivity (Wildman–Crippen MR) is 124 cm³/mol. The van der Waals surface area contributed by atoms with Gasteiger partial charge in [-0.15, -0.1) is 0 Å². The van der Waals surface area contributed by atoms with Gasteiger partial charge in [-0.25, -0.2) is 0 Å². The molecule has 0 unspecified atom stereocenters. The Balaban J connectivity index is 1.85. The first-order valence-electron chi connectivity index (χ1n) is 10.2. The van der Waals surface area contributed by atoms with Crippen molar-refractivity contribution in [3.63, 3.8) is 0 Å². The first-order chi connectivity index (χ1) is 15.4. The molecule has 0 spiro atoms. The number of amides is 1. The molecule has 1 amide bonds. The second kappa shape index (κ2) is 9.74. The van der Waals surface area contributed by atoms with Crippen LogP contribution in [-0.2, 0) is 20.9 Å². The summed E-state index contributed by atoms with van der Waals surface area (Å²) in [5, 5.41) is 10.2. The van der Waals surface area contributed by atoms with E-state index in [1.807, 2.05) is 48.5 Å². The maximum absolute atomic E-state index is 13.6. The molecule has 1 N–H and O–H groups in total. The average molecular weight is 470 g/mol. The van der Waals surface area contributed by atoms with Crippen LogP contribution in [0.25, 0.3) is 0 Å². The lowest BCUT2D eigenvalue weighted by Gasteiger charge is -2.25. The number of halogens is 2. The zero-order chi connectivity index (χ0) is 22.7. The average Bonchev–Trinajstić information content (AvgIpc) is 2.89. The van der Waals surface area contributed by atoms with Crippen LogP contribution >= 0.6 is 23.2 Å². The van der Waals surface area contributed by atoms with Gasteiger partial charge in [0.15, 0.2) is 0 Å². The quantitative estimate of drug-likeness (QED) is 0.489. The molecule has 0 saturated heterocycles. The minimum Gasteiger partial charge on any atom is -0.481 e. The van der Waals surface area contributed by atoms with Crippen LogP contribution < -0.4 is 4.90 Å². The van der Waals surface area contributed by atoms with Gasteiger partial charge in [-0.05, 0) is 36.2 Å². The molecule has 7 heteroatoms. The number of hydrogen-bond donors (Lipinski definition) is 1. The van der Waals surface area contributed by atoms with Crippen molar-refractivity contribution in [3.8, 4) is 0 Å². The molecule has 1 aliphatic rings. The summed E-state index contributed by atoms with van der Waals surface area (Å²) in [6, 6.07) is 22.2. The van der Waals surface area contributed by atoms with Crippen LogP contribution in [-0.4, -0.2) is 23.1 Å². The van der Waals surface area contributed by atoms with E-state index in [0.29, 0.717) is 33.4 Å². The molecular weight excluding hydrogens is 449 g/mol.